The van der Waals surface area contributed by atoms with Crippen molar-refractivity contribution < 1.29 is 9.53 Å². The first kappa shape index (κ1) is 18.3. The number of hydrogen-bond acceptors (Lipinski definition) is 4. The standard InChI is InChI=1S/C20H28N4O2/c1-15(2)18-14-19(22(3)21-18)20(25)24-11-5-10-23(12-13-24)16-6-8-17(26-4)9-7-16/h6-9,14-15H,5,10-13H2,1-4H3. The summed E-state index contributed by atoms with van der Waals surface area (Å²) in [5.41, 5.74) is 2.81. The fraction of sp³-hybridized carbons (Fsp3) is 0.500. The van der Waals surface area contributed by atoms with Crippen LogP contribution in [0.5, 0.6) is 5.75 Å². The Morgan fingerprint density at radius 3 is 2.46 bits per heavy atom. The van der Waals surface area contributed by atoms with E-state index in [4.69, 9.17) is 4.74 Å². The molecule has 0 unspecified atom stereocenters. The normalized spacial score (nSPS) is 15.3. The second-order valence-corrected chi connectivity index (χ2v) is 7.06. The first-order chi connectivity index (χ1) is 12.5. The van der Waals surface area contributed by atoms with Gasteiger partial charge in [-0.1, -0.05) is 13.8 Å². The van der Waals surface area contributed by atoms with Crippen molar-refractivity contribution in [2.45, 2.75) is 26.2 Å². The smallest absolute Gasteiger partial charge is 0.272 e. The Morgan fingerprint density at radius 1 is 1.12 bits per heavy atom. The molecule has 6 nitrogen and oxygen atoms in total. The molecule has 0 saturated carbocycles. The van der Waals surface area contributed by atoms with Gasteiger partial charge in [0.1, 0.15) is 11.4 Å². The molecule has 1 amide bonds. The lowest BCUT2D eigenvalue weighted by Crippen LogP contribution is -2.36. The predicted molar refractivity (Wildman–Crippen MR) is 103 cm³/mol. The van der Waals surface area contributed by atoms with Gasteiger partial charge >= 0.3 is 0 Å². The minimum atomic E-state index is 0.0727. The van der Waals surface area contributed by atoms with Crippen molar-refractivity contribution in [3.8, 4) is 5.75 Å². The van der Waals surface area contributed by atoms with E-state index in [-0.39, 0.29) is 5.91 Å². The Kier molecular flexibility index (Phi) is 5.49. The summed E-state index contributed by atoms with van der Waals surface area (Å²) in [5, 5.41) is 4.48. The highest BCUT2D eigenvalue weighted by Gasteiger charge is 2.23. The van der Waals surface area contributed by atoms with Crippen LogP contribution in [0, 0.1) is 0 Å². The van der Waals surface area contributed by atoms with E-state index in [1.54, 1.807) is 11.8 Å². The number of carbonyl (C=O) groups excluding carboxylic acids is 1. The van der Waals surface area contributed by atoms with Crippen molar-refractivity contribution in [1.29, 1.82) is 0 Å². The van der Waals surface area contributed by atoms with E-state index >= 15 is 0 Å². The van der Waals surface area contributed by atoms with Crippen LogP contribution in [-0.2, 0) is 7.05 Å². The molecule has 6 heteroatoms. The van der Waals surface area contributed by atoms with E-state index in [1.807, 2.05) is 30.1 Å². The first-order valence-electron chi connectivity index (χ1n) is 9.22. The zero-order valence-electron chi connectivity index (χ0n) is 16.1. The van der Waals surface area contributed by atoms with Gasteiger partial charge in [-0.15, -0.1) is 0 Å². The average Bonchev–Trinajstić information content (AvgIpc) is 2.88. The number of aryl methyl sites for hydroxylation is 1. The van der Waals surface area contributed by atoms with Crippen molar-refractivity contribution in [1.82, 2.24) is 14.7 Å². The predicted octanol–water partition coefficient (Wildman–Crippen LogP) is 2.90. The van der Waals surface area contributed by atoms with Crippen molar-refractivity contribution in [3.05, 3.63) is 41.7 Å². The molecular weight excluding hydrogens is 328 g/mol. The summed E-state index contributed by atoms with van der Waals surface area (Å²) >= 11 is 0. The van der Waals surface area contributed by atoms with Gasteiger partial charge in [-0.25, -0.2) is 0 Å². The van der Waals surface area contributed by atoms with E-state index in [2.05, 4.69) is 36.0 Å². The highest BCUT2D eigenvalue weighted by Crippen LogP contribution is 2.21. The van der Waals surface area contributed by atoms with Gasteiger partial charge in [0.25, 0.3) is 5.91 Å². The third-order valence-corrected chi connectivity index (χ3v) is 4.93. The number of nitrogens with zero attached hydrogens (tertiary/aromatic N) is 4. The molecule has 2 aromatic rings. The van der Waals surface area contributed by atoms with Crippen LogP contribution in [0.15, 0.2) is 30.3 Å². The molecule has 2 heterocycles. The lowest BCUT2D eigenvalue weighted by Gasteiger charge is -2.24. The van der Waals surface area contributed by atoms with Gasteiger partial charge in [-0.05, 0) is 42.7 Å². The van der Waals surface area contributed by atoms with Crippen LogP contribution in [-0.4, -0.2) is 53.9 Å². The molecule has 1 aliphatic rings. The summed E-state index contributed by atoms with van der Waals surface area (Å²) in [5.74, 6) is 1.25. The van der Waals surface area contributed by atoms with E-state index < -0.39 is 0 Å². The molecule has 1 aliphatic heterocycles. The summed E-state index contributed by atoms with van der Waals surface area (Å²) in [6.45, 7) is 7.44. The highest BCUT2D eigenvalue weighted by atomic mass is 16.5. The van der Waals surface area contributed by atoms with Gasteiger partial charge < -0.3 is 14.5 Å². The molecule has 0 N–H and O–H groups in total. The van der Waals surface area contributed by atoms with E-state index in [1.165, 1.54) is 5.69 Å². The largest absolute Gasteiger partial charge is 0.497 e. The van der Waals surface area contributed by atoms with Gasteiger partial charge in [-0.2, -0.15) is 5.10 Å². The van der Waals surface area contributed by atoms with Crippen LogP contribution < -0.4 is 9.64 Å². The summed E-state index contributed by atoms with van der Waals surface area (Å²) in [7, 11) is 3.52. The maximum absolute atomic E-state index is 13.0. The first-order valence-corrected chi connectivity index (χ1v) is 9.22. The zero-order chi connectivity index (χ0) is 18.7. The second kappa shape index (κ2) is 7.81. The Bertz CT molecular complexity index is 752. The number of carbonyl (C=O) groups is 1. The highest BCUT2D eigenvalue weighted by molar-refractivity contribution is 5.92. The lowest BCUT2D eigenvalue weighted by atomic mass is 10.1. The van der Waals surface area contributed by atoms with Crippen LogP contribution >= 0.6 is 0 Å². The Hall–Kier alpha value is -2.50. The number of anilines is 1. The average molecular weight is 356 g/mol. The van der Waals surface area contributed by atoms with Crippen LogP contribution in [0.25, 0.3) is 0 Å². The SMILES string of the molecule is COc1ccc(N2CCCN(C(=O)c3cc(C(C)C)nn3C)CC2)cc1. The Labute approximate surface area is 155 Å². The molecule has 0 atom stereocenters. The van der Waals surface area contributed by atoms with Crippen LogP contribution in [0.4, 0.5) is 5.69 Å². The van der Waals surface area contributed by atoms with Gasteiger partial charge in [0.15, 0.2) is 0 Å². The molecule has 0 aliphatic carbocycles. The number of methoxy groups -OCH3 is 1. The molecule has 140 valence electrons. The van der Waals surface area contributed by atoms with Gasteiger partial charge in [0, 0.05) is 38.9 Å². The molecule has 26 heavy (non-hydrogen) atoms. The quantitative estimate of drug-likeness (QED) is 0.845. The van der Waals surface area contributed by atoms with Gasteiger partial charge in [0.2, 0.25) is 0 Å². The Morgan fingerprint density at radius 2 is 1.85 bits per heavy atom. The monoisotopic (exact) mass is 356 g/mol. The molecule has 3 rings (SSSR count). The number of aromatic nitrogens is 2. The fourth-order valence-corrected chi connectivity index (χ4v) is 3.31. The van der Waals surface area contributed by atoms with E-state index in [0.29, 0.717) is 18.2 Å². The molecule has 1 fully saturated rings. The zero-order valence-corrected chi connectivity index (χ0v) is 16.1. The number of hydrogen-bond donors (Lipinski definition) is 0. The third-order valence-electron chi connectivity index (χ3n) is 4.93. The number of benzene rings is 1. The maximum Gasteiger partial charge on any atom is 0.272 e. The molecule has 1 aromatic carbocycles. The van der Waals surface area contributed by atoms with Gasteiger partial charge in [0.05, 0.1) is 12.8 Å². The van der Waals surface area contributed by atoms with Crippen LogP contribution in [0.1, 0.15) is 42.4 Å². The number of amides is 1. The summed E-state index contributed by atoms with van der Waals surface area (Å²) in [6, 6.07) is 10.0. The number of rotatable bonds is 4. The molecule has 1 saturated heterocycles. The van der Waals surface area contributed by atoms with Crippen molar-refractivity contribution in [3.63, 3.8) is 0 Å². The number of ether oxygens (including phenoxy) is 1. The fourth-order valence-electron chi connectivity index (χ4n) is 3.31. The minimum Gasteiger partial charge on any atom is -0.497 e. The summed E-state index contributed by atoms with van der Waals surface area (Å²) < 4.78 is 6.94. The minimum absolute atomic E-state index is 0.0727. The Balaban J connectivity index is 1.68. The lowest BCUT2D eigenvalue weighted by molar-refractivity contribution is 0.0756. The maximum atomic E-state index is 13.0. The van der Waals surface area contributed by atoms with Crippen LogP contribution in [0.3, 0.4) is 0 Å². The van der Waals surface area contributed by atoms with E-state index in [0.717, 1.165) is 37.5 Å². The van der Waals surface area contributed by atoms with E-state index in [9.17, 15) is 4.79 Å². The molecule has 0 radical (unpaired) electrons. The van der Waals surface area contributed by atoms with Gasteiger partial charge in [-0.3, -0.25) is 9.48 Å². The molecule has 0 bridgehead atoms. The van der Waals surface area contributed by atoms with Crippen molar-refractivity contribution >= 4 is 11.6 Å². The second-order valence-electron chi connectivity index (χ2n) is 7.06. The molecular formula is C20H28N4O2. The van der Waals surface area contributed by atoms with Crippen LogP contribution in [0.2, 0.25) is 0 Å². The third kappa shape index (κ3) is 3.84. The molecule has 0 spiro atoms. The molecule has 1 aromatic heterocycles. The topological polar surface area (TPSA) is 50.6 Å². The summed E-state index contributed by atoms with van der Waals surface area (Å²) in [4.78, 5) is 17.2. The summed E-state index contributed by atoms with van der Waals surface area (Å²) in [6.07, 6.45) is 0.951. The van der Waals surface area contributed by atoms with Crippen molar-refractivity contribution in [2.24, 2.45) is 7.05 Å². The van der Waals surface area contributed by atoms with Crippen molar-refractivity contribution in [2.75, 3.05) is 38.2 Å².